The van der Waals surface area contributed by atoms with Crippen LogP contribution in [0.3, 0.4) is 0 Å². The Bertz CT molecular complexity index is 453. The van der Waals surface area contributed by atoms with Crippen molar-refractivity contribution in [2.45, 2.75) is 123 Å². The maximum absolute atomic E-state index is 12.2. The molecule has 6 nitrogen and oxygen atoms in total. The molecular formula is C26H48O6. The lowest BCUT2D eigenvalue weighted by molar-refractivity contribution is -0.249. The van der Waals surface area contributed by atoms with Gasteiger partial charge in [0.15, 0.2) is 6.29 Å². The third kappa shape index (κ3) is 13.4. The Hall–Kier alpha value is -1.14. The summed E-state index contributed by atoms with van der Waals surface area (Å²) in [6.07, 6.45) is 14.5. The van der Waals surface area contributed by atoms with Gasteiger partial charge in [0.1, 0.15) is 13.2 Å². The van der Waals surface area contributed by atoms with E-state index in [0.717, 1.165) is 57.8 Å². The minimum atomic E-state index is -0.627. The van der Waals surface area contributed by atoms with Crippen molar-refractivity contribution in [3.8, 4) is 0 Å². The Kier molecular flexibility index (Phi) is 16.5. The van der Waals surface area contributed by atoms with Crippen molar-refractivity contribution in [1.82, 2.24) is 0 Å². The Balaban J connectivity index is 2.46. The summed E-state index contributed by atoms with van der Waals surface area (Å²) in [6, 6.07) is 0. The highest BCUT2D eigenvalue weighted by molar-refractivity contribution is 5.69. The molecule has 0 unspecified atom stereocenters. The largest absolute Gasteiger partial charge is 0.465 e. The van der Waals surface area contributed by atoms with Crippen molar-refractivity contribution >= 4 is 11.9 Å². The Morgan fingerprint density at radius 2 is 1.12 bits per heavy atom. The highest BCUT2D eigenvalue weighted by atomic mass is 16.7. The molecule has 0 amide bonds. The highest BCUT2D eigenvalue weighted by Gasteiger charge is 2.40. The summed E-state index contributed by atoms with van der Waals surface area (Å²) in [5, 5.41) is 0. The van der Waals surface area contributed by atoms with Gasteiger partial charge in [0.05, 0.1) is 18.6 Å². The van der Waals surface area contributed by atoms with Gasteiger partial charge in [0.25, 0.3) is 0 Å². The summed E-state index contributed by atoms with van der Waals surface area (Å²) >= 11 is 0. The summed E-state index contributed by atoms with van der Waals surface area (Å²) in [4.78, 5) is 24.4. The summed E-state index contributed by atoms with van der Waals surface area (Å²) < 4.78 is 23.0. The zero-order valence-electron chi connectivity index (χ0n) is 21.0. The molecule has 0 aromatic rings. The molecule has 0 spiro atoms. The predicted octanol–water partition coefficient (Wildman–Crippen LogP) is 6.34. The number of rotatable bonds is 19. The van der Waals surface area contributed by atoms with E-state index < -0.39 is 5.41 Å². The number of carbonyl (C=O) groups excluding carboxylic acids is 2. The van der Waals surface area contributed by atoms with E-state index >= 15 is 0 Å². The molecule has 0 aromatic heterocycles. The first-order chi connectivity index (χ1) is 15.5. The van der Waals surface area contributed by atoms with Gasteiger partial charge < -0.3 is 18.9 Å². The number of hydrogen-bond donors (Lipinski definition) is 0. The van der Waals surface area contributed by atoms with Gasteiger partial charge in [-0.3, -0.25) is 9.59 Å². The van der Waals surface area contributed by atoms with E-state index in [4.69, 9.17) is 18.9 Å². The van der Waals surface area contributed by atoms with Gasteiger partial charge in [-0.2, -0.15) is 0 Å². The topological polar surface area (TPSA) is 71.1 Å². The lowest BCUT2D eigenvalue weighted by Gasteiger charge is -2.39. The Morgan fingerprint density at radius 1 is 0.688 bits per heavy atom. The summed E-state index contributed by atoms with van der Waals surface area (Å²) in [5.41, 5.74) is -0.627. The van der Waals surface area contributed by atoms with E-state index in [1.54, 1.807) is 0 Å². The van der Waals surface area contributed by atoms with E-state index in [2.05, 4.69) is 20.8 Å². The van der Waals surface area contributed by atoms with Crippen molar-refractivity contribution in [2.24, 2.45) is 5.41 Å². The Labute approximate surface area is 196 Å². The first-order valence-electron chi connectivity index (χ1n) is 13.1. The molecule has 0 bridgehead atoms. The summed E-state index contributed by atoms with van der Waals surface area (Å²) in [5.74, 6) is -0.396. The minimum absolute atomic E-state index is 0.158. The molecule has 32 heavy (non-hydrogen) atoms. The van der Waals surface area contributed by atoms with Crippen LogP contribution in [0.2, 0.25) is 0 Å². The standard InChI is InChI=1S/C26H48O6/c1-4-7-10-12-14-16-23(27)29-19-26(21-31-25(32-22-26)18-9-6-3)20-30-24(28)17-15-13-11-8-5-2/h25H,4-22H2,1-3H3. The average molecular weight is 457 g/mol. The molecule has 6 heteroatoms. The normalized spacial score (nSPS) is 16.1. The molecule has 1 saturated heterocycles. The summed E-state index contributed by atoms with van der Waals surface area (Å²) in [6.45, 7) is 7.54. The number of ether oxygens (including phenoxy) is 4. The fourth-order valence-corrected chi connectivity index (χ4v) is 3.73. The third-order valence-electron chi connectivity index (χ3n) is 5.99. The number of unbranched alkanes of at least 4 members (excludes halogenated alkanes) is 9. The second kappa shape index (κ2) is 18.3. The lowest BCUT2D eigenvalue weighted by Crippen LogP contribution is -2.48. The van der Waals surface area contributed by atoms with Gasteiger partial charge in [0.2, 0.25) is 0 Å². The molecular weight excluding hydrogens is 408 g/mol. The first kappa shape index (κ1) is 28.9. The molecule has 0 aliphatic carbocycles. The van der Waals surface area contributed by atoms with Crippen LogP contribution in [-0.4, -0.2) is 44.7 Å². The van der Waals surface area contributed by atoms with Gasteiger partial charge in [-0.15, -0.1) is 0 Å². The molecule has 0 aromatic carbocycles. The van der Waals surface area contributed by atoms with E-state index in [-0.39, 0.29) is 31.4 Å². The van der Waals surface area contributed by atoms with Crippen LogP contribution in [0.5, 0.6) is 0 Å². The molecule has 0 saturated carbocycles. The van der Waals surface area contributed by atoms with Gasteiger partial charge in [-0.05, 0) is 25.7 Å². The van der Waals surface area contributed by atoms with Gasteiger partial charge in [0, 0.05) is 12.8 Å². The molecule has 1 fully saturated rings. The monoisotopic (exact) mass is 456 g/mol. The van der Waals surface area contributed by atoms with Crippen molar-refractivity contribution in [1.29, 1.82) is 0 Å². The molecule has 1 aliphatic rings. The zero-order valence-corrected chi connectivity index (χ0v) is 21.0. The highest BCUT2D eigenvalue weighted by Crippen LogP contribution is 2.28. The van der Waals surface area contributed by atoms with E-state index in [9.17, 15) is 9.59 Å². The zero-order chi connectivity index (χ0) is 23.5. The van der Waals surface area contributed by atoms with E-state index in [0.29, 0.717) is 26.1 Å². The predicted molar refractivity (Wildman–Crippen MR) is 126 cm³/mol. The molecule has 188 valence electrons. The summed E-state index contributed by atoms with van der Waals surface area (Å²) in [7, 11) is 0. The smallest absolute Gasteiger partial charge is 0.305 e. The van der Waals surface area contributed by atoms with Crippen LogP contribution >= 0.6 is 0 Å². The lowest BCUT2D eigenvalue weighted by atomic mass is 9.91. The van der Waals surface area contributed by atoms with E-state index in [1.807, 2.05) is 0 Å². The van der Waals surface area contributed by atoms with Crippen LogP contribution in [0.15, 0.2) is 0 Å². The third-order valence-corrected chi connectivity index (χ3v) is 5.99. The molecule has 0 N–H and O–H groups in total. The van der Waals surface area contributed by atoms with Crippen molar-refractivity contribution < 1.29 is 28.5 Å². The maximum atomic E-state index is 12.2. The Morgan fingerprint density at radius 3 is 1.56 bits per heavy atom. The van der Waals surface area contributed by atoms with Crippen LogP contribution in [0.4, 0.5) is 0 Å². The maximum Gasteiger partial charge on any atom is 0.305 e. The second-order valence-electron chi connectivity index (χ2n) is 9.34. The average Bonchev–Trinajstić information content (AvgIpc) is 2.81. The molecule has 1 aliphatic heterocycles. The number of esters is 2. The number of carbonyl (C=O) groups is 2. The van der Waals surface area contributed by atoms with Crippen LogP contribution in [0.25, 0.3) is 0 Å². The van der Waals surface area contributed by atoms with Crippen LogP contribution < -0.4 is 0 Å². The SMILES string of the molecule is CCCCCCCC(=O)OCC1(COC(=O)CCCCCCC)COC(CCCC)OC1. The van der Waals surface area contributed by atoms with E-state index in [1.165, 1.54) is 25.7 Å². The molecule has 0 radical (unpaired) electrons. The molecule has 1 rings (SSSR count). The molecule has 1 heterocycles. The van der Waals surface area contributed by atoms with Gasteiger partial charge in [-0.25, -0.2) is 0 Å². The van der Waals surface area contributed by atoms with Crippen molar-refractivity contribution in [3.63, 3.8) is 0 Å². The quantitative estimate of drug-likeness (QED) is 0.167. The first-order valence-corrected chi connectivity index (χ1v) is 13.1. The second-order valence-corrected chi connectivity index (χ2v) is 9.34. The minimum Gasteiger partial charge on any atom is -0.465 e. The fraction of sp³-hybridized carbons (Fsp3) is 0.923. The van der Waals surface area contributed by atoms with Crippen molar-refractivity contribution in [3.05, 3.63) is 0 Å². The molecule has 0 atom stereocenters. The number of hydrogen-bond acceptors (Lipinski definition) is 6. The van der Waals surface area contributed by atoms with Crippen LogP contribution in [0.1, 0.15) is 117 Å². The van der Waals surface area contributed by atoms with Gasteiger partial charge >= 0.3 is 11.9 Å². The fourth-order valence-electron chi connectivity index (χ4n) is 3.73. The van der Waals surface area contributed by atoms with Crippen molar-refractivity contribution in [2.75, 3.05) is 26.4 Å². The van der Waals surface area contributed by atoms with Gasteiger partial charge in [-0.1, -0.05) is 78.6 Å². The van der Waals surface area contributed by atoms with Crippen LogP contribution in [0, 0.1) is 5.41 Å². The van der Waals surface area contributed by atoms with Crippen LogP contribution in [-0.2, 0) is 28.5 Å².